The van der Waals surface area contributed by atoms with Crippen molar-refractivity contribution in [3.63, 3.8) is 0 Å². The number of benzene rings is 1. The van der Waals surface area contributed by atoms with Crippen molar-refractivity contribution in [2.75, 3.05) is 38.0 Å². The maximum absolute atomic E-state index is 14.9. The molecule has 1 saturated carbocycles. The minimum absolute atomic E-state index is 0.0322. The molecule has 44 heavy (non-hydrogen) atoms. The molecule has 12 nitrogen and oxygen atoms in total. The minimum Gasteiger partial charge on any atom is -0.480 e. The topological polar surface area (TPSA) is 149 Å². The van der Waals surface area contributed by atoms with Gasteiger partial charge in [0.2, 0.25) is 0 Å². The highest BCUT2D eigenvalue weighted by Gasteiger charge is 2.24. The highest BCUT2D eigenvalue weighted by molar-refractivity contribution is 7.22. The average Bonchev–Trinajstić information content (AvgIpc) is 3.71. The van der Waals surface area contributed by atoms with E-state index < -0.39 is 18.3 Å². The third-order valence-electron chi connectivity index (χ3n) is 7.23. The van der Waals surface area contributed by atoms with Crippen LogP contribution in [0.25, 0.3) is 20.8 Å². The lowest BCUT2D eigenvalue weighted by molar-refractivity contribution is -0.135. The van der Waals surface area contributed by atoms with Crippen molar-refractivity contribution in [2.45, 2.75) is 25.4 Å². The van der Waals surface area contributed by atoms with Gasteiger partial charge in [0.1, 0.15) is 12.3 Å². The molecule has 6 rings (SSSR count). The van der Waals surface area contributed by atoms with Crippen LogP contribution in [0.4, 0.5) is 19.7 Å². The van der Waals surface area contributed by atoms with Crippen LogP contribution in [0.3, 0.4) is 0 Å². The Bertz CT molecular complexity index is 1690. The number of carbonyl (C=O) groups excluding carboxylic acids is 2. The first-order valence-electron chi connectivity index (χ1n) is 14.2. The standard InChI is InChI=1S/C30H30FN7O5S/c31-21-13-20(36-29(41)35-19-2-3-19)4-6-24(21)43-25-7-8-32-23-14-26(44-28(23)25)22-5-1-18(15-33-22)17-37-9-11-38(12-10-37)30(42)34-16-27(39)40/h1,4-8,13-15,19H,2-3,9-12,16-17H2,(H,34,42)(H,39,40)(H2,35,36,41). The Balaban J connectivity index is 1.07. The molecular formula is C30H30FN7O5S. The highest BCUT2D eigenvalue weighted by Crippen LogP contribution is 2.39. The van der Waals surface area contributed by atoms with Crippen molar-refractivity contribution in [1.29, 1.82) is 0 Å². The van der Waals surface area contributed by atoms with Crippen molar-refractivity contribution in [2.24, 2.45) is 0 Å². The highest BCUT2D eigenvalue weighted by atomic mass is 32.1. The molecule has 0 atom stereocenters. The van der Waals surface area contributed by atoms with Gasteiger partial charge in [-0.2, -0.15) is 0 Å². The number of rotatable bonds is 9. The van der Waals surface area contributed by atoms with Gasteiger partial charge in [0.05, 0.1) is 20.8 Å². The lowest BCUT2D eigenvalue weighted by Crippen LogP contribution is -2.52. The molecule has 228 valence electrons. The molecule has 4 aromatic rings. The van der Waals surface area contributed by atoms with Crippen molar-refractivity contribution >= 4 is 45.3 Å². The van der Waals surface area contributed by atoms with Crippen LogP contribution >= 0.6 is 11.3 Å². The number of carbonyl (C=O) groups is 3. The van der Waals surface area contributed by atoms with Gasteiger partial charge in [-0.25, -0.2) is 14.0 Å². The fourth-order valence-corrected chi connectivity index (χ4v) is 5.82. The van der Waals surface area contributed by atoms with E-state index in [-0.39, 0.29) is 23.9 Å². The molecule has 1 aromatic carbocycles. The molecule has 1 saturated heterocycles. The lowest BCUT2D eigenvalue weighted by atomic mass is 10.2. The zero-order chi connectivity index (χ0) is 30.6. The number of anilines is 1. The number of piperazine rings is 1. The van der Waals surface area contributed by atoms with E-state index in [1.807, 2.05) is 24.4 Å². The van der Waals surface area contributed by atoms with E-state index in [9.17, 15) is 18.8 Å². The SMILES string of the molecule is O=C(O)CNC(=O)N1CCN(Cc2ccc(-c3cc4nccc(Oc5ccc(NC(=O)NC6CC6)cc5F)c4s3)nc2)CC1. The van der Waals surface area contributed by atoms with Crippen molar-refractivity contribution < 1.29 is 28.6 Å². The molecule has 4 N–H and O–H groups in total. The number of pyridine rings is 2. The number of carboxylic acid groups (broad SMARTS) is 1. The van der Waals surface area contributed by atoms with Gasteiger partial charge >= 0.3 is 18.0 Å². The van der Waals surface area contributed by atoms with E-state index >= 15 is 0 Å². The van der Waals surface area contributed by atoms with Crippen molar-refractivity contribution in [1.82, 2.24) is 30.4 Å². The molecule has 0 bridgehead atoms. The summed E-state index contributed by atoms with van der Waals surface area (Å²) in [5, 5.41) is 16.6. The number of aliphatic carboxylic acids is 1. The Kier molecular flexibility index (Phi) is 8.52. The summed E-state index contributed by atoms with van der Waals surface area (Å²) in [4.78, 5) is 48.6. The smallest absolute Gasteiger partial charge is 0.323 e. The Morgan fingerprint density at radius 3 is 2.55 bits per heavy atom. The Labute approximate surface area is 255 Å². The number of carboxylic acids is 1. The van der Waals surface area contributed by atoms with E-state index in [0.29, 0.717) is 49.7 Å². The predicted molar refractivity (Wildman–Crippen MR) is 162 cm³/mol. The van der Waals surface area contributed by atoms with Crippen LogP contribution in [0.2, 0.25) is 0 Å². The summed E-state index contributed by atoms with van der Waals surface area (Å²) in [5.74, 6) is -1.18. The van der Waals surface area contributed by atoms with Crippen LogP contribution in [0.1, 0.15) is 18.4 Å². The summed E-state index contributed by atoms with van der Waals surface area (Å²) in [6.45, 7) is 2.64. The summed E-state index contributed by atoms with van der Waals surface area (Å²) in [5.41, 5.74) is 2.84. The van der Waals surface area contributed by atoms with Gasteiger partial charge < -0.3 is 30.7 Å². The first kappa shape index (κ1) is 29.3. The predicted octanol–water partition coefficient (Wildman–Crippen LogP) is 4.49. The molecule has 0 spiro atoms. The lowest BCUT2D eigenvalue weighted by Gasteiger charge is -2.34. The normalized spacial score (nSPS) is 15.2. The fourth-order valence-electron chi connectivity index (χ4n) is 4.78. The zero-order valence-electron chi connectivity index (χ0n) is 23.6. The summed E-state index contributed by atoms with van der Waals surface area (Å²) in [6, 6.07) is 11.3. The number of aromatic nitrogens is 2. The van der Waals surface area contributed by atoms with Gasteiger partial charge in [-0.15, -0.1) is 11.3 Å². The number of nitrogens with zero attached hydrogens (tertiary/aromatic N) is 4. The van der Waals surface area contributed by atoms with Gasteiger partial charge in [-0.1, -0.05) is 6.07 Å². The maximum atomic E-state index is 14.9. The van der Waals surface area contributed by atoms with Crippen LogP contribution in [0.5, 0.6) is 11.5 Å². The fraction of sp³-hybridized carbons (Fsp3) is 0.300. The zero-order valence-corrected chi connectivity index (χ0v) is 24.4. The number of thiophene rings is 1. The van der Waals surface area contributed by atoms with Crippen LogP contribution < -0.4 is 20.7 Å². The second-order valence-corrected chi connectivity index (χ2v) is 11.7. The quantitative estimate of drug-likeness (QED) is 0.214. The molecular weight excluding hydrogens is 589 g/mol. The molecule has 0 radical (unpaired) electrons. The Morgan fingerprint density at radius 2 is 1.84 bits per heavy atom. The van der Waals surface area contributed by atoms with Gasteiger partial charge in [-0.05, 0) is 42.7 Å². The molecule has 14 heteroatoms. The van der Waals surface area contributed by atoms with Crippen LogP contribution in [-0.2, 0) is 11.3 Å². The monoisotopic (exact) mass is 619 g/mol. The number of halogens is 1. The van der Waals surface area contributed by atoms with Crippen LogP contribution in [0.15, 0.2) is 54.9 Å². The second kappa shape index (κ2) is 12.8. The molecule has 1 aliphatic heterocycles. The van der Waals surface area contributed by atoms with Gasteiger partial charge in [0.25, 0.3) is 0 Å². The third-order valence-corrected chi connectivity index (χ3v) is 8.39. The Hall–Kier alpha value is -4.82. The summed E-state index contributed by atoms with van der Waals surface area (Å²) in [7, 11) is 0. The molecule has 0 unspecified atom stereocenters. The molecule has 4 heterocycles. The molecule has 2 aliphatic rings. The molecule has 3 aromatic heterocycles. The van der Waals surface area contributed by atoms with Crippen molar-refractivity contribution in [3.05, 3.63) is 66.2 Å². The number of nitrogens with one attached hydrogen (secondary N) is 3. The van der Waals surface area contributed by atoms with E-state index in [1.54, 1.807) is 23.2 Å². The number of hydrogen-bond acceptors (Lipinski definition) is 8. The van der Waals surface area contributed by atoms with E-state index in [2.05, 4.69) is 30.8 Å². The average molecular weight is 620 g/mol. The van der Waals surface area contributed by atoms with Crippen LogP contribution in [0, 0.1) is 5.82 Å². The summed E-state index contributed by atoms with van der Waals surface area (Å²) >= 11 is 1.45. The first-order chi connectivity index (χ1) is 21.3. The third kappa shape index (κ3) is 7.21. The summed E-state index contributed by atoms with van der Waals surface area (Å²) in [6.07, 6.45) is 5.36. The number of urea groups is 2. The molecule has 2 fully saturated rings. The Morgan fingerprint density at radius 1 is 1.02 bits per heavy atom. The summed E-state index contributed by atoms with van der Waals surface area (Å²) < 4.78 is 21.6. The second-order valence-electron chi connectivity index (χ2n) is 10.6. The minimum atomic E-state index is -1.07. The first-order valence-corrected chi connectivity index (χ1v) is 15.0. The number of hydrogen-bond donors (Lipinski definition) is 4. The number of amides is 4. The van der Waals surface area contributed by atoms with E-state index in [1.165, 1.54) is 23.5 Å². The molecule has 4 amide bonds. The van der Waals surface area contributed by atoms with Crippen LogP contribution in [-0.4, -0.2) is 81.7 Å². The van der Waals surface area contributed by atoms with Gasteiger partial charge in [-0.3, -0.25) is 19.7 Å². The maximum Gasteiger partial charge on any atom is 0.323 e. The van der Waals surface area contributed by atoms with E-state index in [0.717, 1.165) is 33.7 Å². The molecule has 1 aliphatic carbocycles. The number of fused-ring (bicyclic) bond motifs is 1. The van der Waals surface area contributed by atoms with Gasteiger partial charge in [0, 0.05) is 69.0 Å². The number of ether oxygens (including phenoxy) is 1. The van der Waals surface area contributed by atoms with E-state index in [4.69, 9.17) is 9.84 Å². The van der Waals surface area contributed by atoms with Gasteiger partial charge in [0.15, 0.2) is 11.6 Å². The largest absolute Gasteiger partial charge is 0.480 e. The van der Waals surface area contributed by atoms with Crippen molar-refractivity contribution in [3.8, 4) is 22.1 Å².